The lowest BCUT2D eigenvalue weighted by atomic mass is 9.98. The number of nitrogens with one attached hydrogen (secondary N) is 1. The van der Waals surface area contributed by atoms with Gasteiger partial charge in [-0.25, -0.2) is 0 Å². The lowest BCUT2D eigenvalue weighted by Gasteiger charge is -2.31. The predicted molar refractivity (Wildman–Crippen MR) is 98.9 cm³/mol. The quantitative estimate of drug-likeness (QED) is 0.781. The standard InChI is InChI=1S/C18H26N4O2S/c1-2-17-20-18(21-24-17)22-10-4-6-14(13-22)12-19-16(23)9-3-7-15-8-5-11-25-15/h5,8,11,14H,2-4,6-7,9-10,12-13H2,1H3,(H,19,23). The first-order valence-corrected chi connectivity index (χ1v) is 9.99. The Morgan fingerprint density at radius 3 is 3.20 bits per heavy atom. The van der Waals surface area contributed by atoms with Crippen LogP contribution in [0.5, 0.6) is 0 Å². The Balaban J connectivity index is 1.38. The van der Waals surface area contributed by atoms with Crippen LogP contribution in [0.15, 0.2) is 22.0 Å². The van der Waals surface area contributed by atoms with Crippen molar-refractivity contribution in [2.24, 2.45) is 5.92 Å². The second-order valence-electron chi connectivity index (χ2n) is 6.53. The molecule has 1 fully saturated rings. The summed E-state index contributed by atoms with van der Waals surface area (Å²) in [6, 6.07) is 4.18. The fourth-order valence-corrected chi connectivity index (χ4v) is 3.91. The van der Waals surface area contributed by atoms with E-state index >= 15 is 0 Å². The molecule has 0 aliphatic carbocycles. The largest absolute Gasteiger partial charge is 0.356 e. The summed E-state index contributed by atoms with van der Waals surface area (Å²) in [6.07, 6.45) is 5.47. The second kappa shape index (κ2) is 8.99. The molecule has 1 saturated heterocycles. The van der Waals surface area contributed by atoms with Gasteiger partial charge in [0.1, 0.15) is 0 Å². The van der Waals surface area contributed by atoms with E-state index in [9.17, 15) is 4.79 Å². The van der Waals surface area contributed by atoms with Gasteiger partial charge in [0.15, 0.2) is 0 Å². The zero-order valence-electron chi connectivity index (χ0n) is 14.7. The third kappa shape index (κ3) is 5.29. The minimum Gasteiger partial charge on any atom is -0.356 e. The van der Waals surface area contributed by atoms with Gasteiger partial charge in [-0.15, -0.1) is 11.3 Å². The third-order valence-electron chi connectivity index (χ3n) is 4.56. The Labute approximate surface area is 152 Å². The number of hydrogen-bond acceptors (Lipinski definition) is 6. The number of rotatable bonds is 8. The van der Waals surface area contributed by atoms with Crippen LogP contribution in [0.25, 0.3) is 0 Å². The summed E-state index contributed by atoms with van der Waals surface area (Å²) in [5.74, 6) is 1.96. The molecule has 6 nitrogen and oxygen atoms in total. The normalized spacial score (nSPS) is 17.6. The molecule has 1 atom stereocenters. The van der Waals surface area contributed by atoms with Gasteiger partial charge >= 0.3 is 0 Å². The minimum atomic E-state index is 0.154. The first-order valence-electron chi connectivity index (χ1n) is 9.11. The fraction of sp³-hybridized carbons (Fsp3) is 0.611. The summed E-state index contributed by atoms with van der Waals surface area (Å²) in [4.78, 5) is 20.0. The molecular formula is C18H26N4O2S. The van der Waals surface area contributed by atoms with E-state index in [1.807, 2.05) is 6.92 Å². The van der Waals surface area contributed by atoms with Crippen molar-refractivity contribution in [3.8, 4) is 0 Å². The highest BCUT2D eigenvalue weighted by Gasteiger charge is 2.23. The van der Waals surface area contributed by atoms with E-state index in [1.54, 1.807) is 11.3 Å². The van der Waals surface area contributed by atoms with Gasteiger partial charge in [-0.2, -0.15) is 4.98 Å². The number of aryl methyl sites for hydroxylation is 2. The van der Waals surface area contributed by atoms with E-state index in [1.165, 1.54) is 4.88 Å². The molecule has 1 amide bonds. The van der Waals surface area contributed by atoms with Crippen molar-refractivity contribution in [1.82, 2.24) is 15.5 Å². The van der Waals surface area contributed by atoms with Crippen LogP contribution in [-0.4, -0.2) is 35.7 Å². The predicted octanol–water partition coefficient (Wildman–Crippen LogP) is 3.05. The number of carbonyl (C=O) groups is 1. The molecule has 0 bridgehead atoms. The van der Waals surface area contributed by atoms with E-state index in [4.69, 9.17) is 4.52 Å². The lowest BCUT2D eigenvalue weighted by Crippen LogP contribution is -2.41. The topological polar surface area (TPSA) is 71.3 Å². The molecule has 7 heteroatoms. The molecule has 2 aromatic rings. The maximum absolute atomic E-state index is 12.0. The number of nitrogens with zero attached hydrogens (tertiary/aromatic N) is 3. The Morgan fingerprint density at radius 2 is 2.44 bits per heavy atom. The zero-order valence-corrected chi connectivity index (χ0v) is 15.6. The Bertz CT molecular complexity index is 656. The molecule has 3 rings (SSSR count). The van der Waals surface area contributed by atoms with E-state index in [0.717, 1.165) is 51.7 Å². The summed E-state index contributed by atoms with van der Waals surface area (Å²) in [6.45, 7) is 4.56. The van der Waals surface area contributed by atoms with Crippen LogP contribution in [0.4, 0.5) is 5.95 Å². The molecule has 0 aromatic carbocycles. The molecule has 2 aromatic heterocycles. The number of piperidine rings is 1. The van der Waals surface area contributed by atoms with Crippen LogP contribution in [0.1, 0.15) is 43.4 Å². The van der Waals surface area contributed by atoms with Crippen LogP contribution in [-0.2, 0) is 17.6 Å². The van der Waals surface area contributed by atoms with Gasteiger partial charge in [0, 0.05) is 37.4 Å². The molecule has 1 unspecified atom stereocenters. The number of hydrogen-bond donors (Lipinski definition) is 1. The first-order chi connectivity index (χ1) is 12.2. The molecule has 1 aliphatic rings. The molecule has 0 spiro atoms. The molecular weight excluding hydrogens is 336 g/mol. The smallest absolute Gasteiger partial charge is 0.266 e. The second-order valence-corrected chi connectivity index (χ2v) is 7.57. The number of anilines is 1. The van der Waals surface area contributed by atoms with E-state index in [-0.39, 0.29) is 5.91 Å². The molecule has 3 heterocycles. The summed E-state index contributed by atoms with van der Waals surface area (Å²) in [5.41, 5.74) is 0. The van der Waals surface area contributed by atoms with Crippen molar-refractivity contribution < 1.29 is 9.32 Å². The Kier molecular flexibility index (Phi) is 6.44. The van der Waals surface area contributed by atoms with Gasteiger partial charge in [-0.1, -0.05) is 13.0 Å². The van der Waals surface area contributed by atoms with Gasteiger partial charge in [-0.05, 0) is 48.2 Å². The average molecular weight is 362 g/mol. The summed E-state index contributed by atoms with van der Waals surface area (Å²) < 4.78 is 5.20. The highest BCUT2D eigenvalue weighted by molar-refractivity contribution is 7.09. The van der Waals surface area contributed by atoms with Crippen LogP contribution in [0.3, 0.4) is 0 Å². The summed E-state index contributed by atoms with van der Waals surface area (Å²) >= 11 is 1.76. The van der Waals surface area contributed by atoms with Crippen molar-refractivity contribution >= 4 is 23.2 Å². The van der Waals surface area contributed by atoms with E-state index in [0.29, 0.717) is 24.2 Å². The van der Waals surface area contributed by atoms with Crippen molar-refractivity contribution in [1.29, 1.82) is 0 Å². The van der Waals surface area contributed by atoms with Crippen molar-refractivity contribution in [3.63, 3.8) is 0 Å². The minimum absolute atomic E-state index is 0.154. The monoisotopic (exact) mass is 362 g/mol. The van der Waals surface area contributed by atoms with Crippen LogP contribution < -0.4 is 10.2 Å². The van der Waals surface area contributed by atoms with Crippen molar-refractivity contribution in [3.05, 3.63) is 28.3 Å². The van der Waals surface area contributed by atoms with Gasteiger partial charge < -0.3 is 14.7 Å². The molecule has 1 aliphatic heterocycles. The van der Waals surface area contributed by atoms with Gasteiger partial charge in [0.25, 0.3) is 5.95 Å². The highest BCUT2D eigenvalue weighted by atomic mass is 32.1. The van der Waals surface area contributed by atoms with E-state index in [2.05, 4.69) is 37.9 Å². The van der Waals surface area contributed by atoms with Gasteiger partial charge in [-0.3, -0.25) is 4.79 Å². The van der Waals surface area contributed by atoms with Gasteiger partial charge in [0.05, 0.1) is 0 Å². The maximum Gasteiger partial charge on any atom is 0.266 e. The van der Waals surface area contributed by atoms with Crippen molar-refractivity contribution in [2.75, 3.05) is 24.5 Å². The fourth-order valence-electron chi connectivity index (χ4n) is 3.16. The molecule has 0 radical (unpaired) electrons. The Morgan fingerprint density at radius 1 is 1.52 bits per heavy atom. The maximum atomic E-state index is 12.0. The highest BCUT2D eigenvalue weighted by Crippen LogP contribution is 2.20. The SMILES string of the molecule is CCc1nc(N2CCCC(CNC(=O)CCCc3cccs3)C2)no1. The summed E-state index contributed by atoms with van der Waals surface area (Å²) in [5, 5.41) is 9.23. The number of carbonyl (C=O) groups excluding carboxylic acids is 1. The molecule has 136 valence electrons. The lowest BCUT2D eigenvalue weighted by molar-refractivity contribution is -0.121. The number of thiophene rings is 1. The van der Waals surface area contributed by atoms with Crippen LogP contribution in [0.2, 0.25) is 0 Å². The zero-order chi connectivity index (χ0) is 17.5. The van der Waals surface area contributed by atoms with E-state index < -0.39 is 0 Å². The average Bonchev–Trinajstić information content (AvgIpc) is 3.32. The molecule has 1 N–H and O–H groups in total. The van der Waals surface area contributed by atoms with Crippen LogP contribution >= 0.6 is 11.3 Å². The Hall–Kier alpha value is -1.89. The number of amides is 1. The molecule has 25 heavy (non-hydrogen) atoms. The van der Waals surface area contributed by atoms with Crippen LogP contribution in [0, 0.1) is 5.92 Å². The third-order valence-corrected chi connectivity index (χ3v) is 5.49. The van der Waals surface area contributed by atoms with Gasteiger partial charge in [0.2, 0.25) is 11.8 Å². The molecule has 0 saturated carbocycles. The van der Waals surface area contributed by atoms with Crippen molar-refractivity contribution in [2.45, 2.75) is 45.4 Å². The summed E-state index contributed by atoms with van der Waals surface area (Å²) in [7, 11) is 0. The number of aromatic nitrogens is 2. The first kappa shape index (κ1) is 17.9.